The Morgan fingerprint density at radius 3 is 2.44 bits per heavy atom. The molecule has 1 aliphatic heterocycles. The Kier molecular flexibility index (Phi) is 6.72. The highest BCUT2D eigenvalue weighted by Gasteiger charge is 2.37. The lowest BCUT2D eigenvalue weighted by Crippen LogP contribution is -2.46. The maximum Gasteiger partial charge on any atom is 0.279 e. The van der Waals surface area contributed by atoms with E-state index in [4.69, 9.17) is 0 Å². The van der Waals surface area contributed by atoms with Crippen LogP contribution in [0.4, 0.5) is 5.95 Å². The molecule has 142 valence electrons. The minimum absolute atomic E-state index is 0.0886. The van der Waals surface area contributed by atoms with Crippen molar-refractivity contribution in [1.29, 1.82) is 0 Å². The van der Waals surface area contributed by atoms with Crippen molar-refractivity contribution in [2.24, 2.45) is 11.8 Å². The van der Waals surface area contributed by atoms with E-state index >= 15 is 0 Å². The van der Waals surface area contributed by atoms with Crippen molar-refractivity contribution < 1.29 is 8.42 Å². The summed E-state index contributed by atoms with van der Waals surface area (Å²) in [5, 5.41) is 3.08. The molecule has 9 heteroatoms. The minimum atomic E-state index is -3.43. The van der Waals surface area contributed by atoms with Crippen LogP contribution in [-0.2, 0) is 16.8 Å². The van der Waals surface area contributed by atoms with Crippen LogP contribution in [-0.4, -0.2) is 67.4 Å². The van der Waals surface area contributed by atoms with Crippen molar-refractivity contribution in [2.45, 2.75) is 33.4 Å². The van der Waals surface area contributed by atoms with E-state index in [-0.39, 0.29) is 12.0 Å². The van der Waals surface area contributed by atoms with Gasteiger partial charge in [-0.2, -0.15) is 17.4 Å². The highest BCUT2D eigenvalue weighted by molar-refractivity contribution is 7.87. The van der Waals surface area contributed by atoms with Crippen molar-refractivity contribution in [3.63, 3.8) is 0 Å². The second-order valence-corrected chi connectivity index (χ2v) is 8.98. The van der Waals surface area contributed by atoms with Crippen molar-refractivity contribution in [2.75, 3.05) is 39.0 Å². The number of aromatic nitrogens is 2. The fourth-order valence-electron chi connectivity index (χ4n) is 3.08. The zero-order valence-electron chi connectivity index (χ0n) is 15.7. The molecule has 25 heavy (non-hydrogen) atoms. The number of hydrogen-bond donors (Lipinski definition) is 2. The van der Waals surface area contributed by atoms with Crippen LogP contribution in [0.2, 0.25) is 0 Å². The summed E-state index contributed by atoms with van der Waals surface area (Å²) in [6.45, 7) is 9.32. The Morgan fingerprint density at radius 2 is 1.92 bits per heavy atom. The van der Waals surface area contributed by atoms with E-state index in [9.17, 15) is 8.42 Å². The summed E-state index contributed by atoms with van der Waals surface area (Å²) in [5.74, 6) is 1.30. The van der Waals surface area contributed by atoms with E-state index in [1.54, 1.807) is 14.1 Å². The van der Waals surface area contributed by atoms with Gasteiger partial charge in [-0.15, -0.1) is 0 Å². The molecular formula is C16H30N6O2S. The van der Waals surface area contributed by atoms with Gasteiger partial charge in [0.2, 0.25) is 5.95 Å². The smallest absolute Gasteiger partial charge is 0.279 e. The minimum Gasteiger partial charge on any atom is -0.355 e. The van der Waals surface area contributed by atoms with Crippen molar-refractivity contribution in [3.8, 4) is 0 Å². The maximum absolute atomic E-state index is 12.2. The zero-order chi connectivity index (χ0) is 18.6. The molecule has 0 unspecified atom stereocenters. The van der Waals surface area contributed by atoms with Gasteiger partial charge in [-0.1, -0.05) is 13.8 Å². The van der Waals surface area contributed by atoms with Gasteiger partial charge in [-0.25, -0.2) is 9.97 Å². The number of nitrogens with one attached hydrogen (secondary N) is 2. The van der Waals surface area contributed by atoms with Crippen molar-refractivity contribution >= 4 is 16.2 Å². The average molecular weight is 371 g/mol. The van der Waals surface area contributed by atoms with Crippen molar-refractivity contribution in [1.82, 2.24) is 23.9 Å². The lowest BCUT2D eigenvalue weighted by atomic mass is 9.92. The molecular weight excluding hydrogens is 340 g/mol. The summed E-state index contributed by atoms with van der Waals surface area (Å²) in [6, 6.07) is -0.0886. The van der Waals surface area contributed by atoms with E-state index in [0.29, 0.717) is 18.4 Å². The predicted molar refractivity (Wildman–Crippen MR) is 99.3 cm³/mol. The Bertz CT molecular complexity index is 647. The number of rotatable bonds is 8. The van der Waals surface area contributed by atoms with Crippen LogP contribution in [0.5, 0.6) is 0 Å². The average Bonchev–Trinajstić information content (AvgIpc) is 2.91. The fourth-order valence-corrected chi connectivity index (χ4v) is 3.93. The molecule has 1 fully saturated rings. The third kappa shape index (κ3) is 5.34. The van der Waals surface area contributed by atoms with E-state index in [1.165, 1.54) is 4.31 Å². The number of nitrogens with zero attached hydrogens (tertiary/aromatic N) is 4. The molecule has 1 aliphatic rings. The maximum atomic E-state index is 12.2. The van der Waals surface area contributed by atoms with Crippen LogP contribution in [0, 0.1) is 11.8 Å². The van der Waals surface area contributed by atoms with Crippen LogP contribution >= 0.6 is 0 Å². The zero-order valence-corrected chi connectivity index (χ0v) is 16.5. The van der Waals surface area contributed by atoms with E-state index in [1.807, 2.05) is 19.3 Å². The molecule has 0 aliphatic carbocycles. The molecule has 0 aromatic carbocycles. The Hall–Kier alpha value is -1.29. The third-order valence-corrected chi connectivity index (χ3v) is 6.09. The SMILES string of the molecule is CCNc1ncc(CN2C[C@@H](NS(=O)(=O)N(C)C)[C@H](C(C)C)C2)cn1. The third-order valence-electron chi connectivity index (χ3n) is 4.52. The Morgan fingerprint density at radius 1 is 1.28 bits per heavy atom. The van der Waals surface area contributed by atoms with Crippen LogP contribution < -0.4 is 10.0 Å². The summed E-state index contributed by atoms with van der Waals surface area (Å²) in [7, 11) is -0.344. The first kappa shape index (κ1) is 20.0. The Labute approximate surface area is 151 Å². The van der Waals surface area contributed by atoms with Gasteiger partial charge in [-0.3, -0.25) is 4.90 Å². The second-order valence-electron chi connectivity index (χ2n) is 7.06. The number of likely N-dealkylation sites (tertiary alicyclic amines) is 1. The van der Waals surface area contributed by atoms with Gasteiger partial charge in [0.25, 0.3) is 10.2 Å². The highest BCUT2D eigenvalue weighted by Crippen LogP contribution is 2.26. The molecule has 0 radical (unpaired) electrons. The summed E-state index contributed by atoms with van der Waals surface area (Å²) in [6.07, 6.45) is 3.65. The highest BCUT2D eigenvalue weighted by atomic mass is 32.2. The summed E-state index contributed by atoms with van der Waals surface area (Å²) >= 11 is 0. The van der Waals surface area contributed by atoms with Crippen LogP contribution in [0.3, 0.4) is 0 Å². The molecule has 0 bridgehead atoms. The molecule has 8 nitrogen and oxygen atoms in total. The van der Waals surface area contributed by atoms with Gasteiger partial charge in [0.05, 0.1) is 0 Å². The first-order valence-electron chi connectivity index (χ1n) is 8.69. The second kappa shape index (κ2) is 8.39. The molecule has 1 saturated heterocycles. The van der Waals surface area contributed by atoms with Crippen LogP contribution in [0.25, 0.3) is 0 Å². The van der Waals surface area contributed by atoms with E-state index in [2.05, 4.69) is 38.8 Å². The van der Waals surface area contributed by atoms with E-state index in [0.717, 1.165) is 25.2 Å². The van der Waals surface area contributed by atoms with Gasteiger partial charge in [-0.05, 0) is 18.8 Å². The molecule has 0 spiro atoms. The quantitative estimate of drug-likeness (QED) is 0.702. The van der Waals surface area contributed by atoms with Gasteiger partial charge in [0.1, 0.15) is 0 Å². The lowest BCUT2D eigenvalue weighted by Gasteiger charge is -2.24. The van der Waals surface area contributed by atoms with E-state index < -0.39 is 10.2 Å². The molecule has 0 amide bonds. The molecule has 0 saturated carbocycles. The number of hydrogen-bond acceptors (Lipinski definition) is 6. The van der Waals surface area contributed by atoms with Gasteiger partial charge in [0, 0.05) is 64.3 Å². The predicted octanol–water partition coefficient (Wildman–Crippen LogP) is 0.761. The summed E-state index contributed by atoms with van der Waals surface area (Å²) in [5.41, 5.74) is 1.03. The van der Waals surface area contributed by atoms with Crippen LogP contribution in [0.1, 0.15) is 26.3 Å². The van der Waals surface area contributed by atoms with Gasteiger partial charge in [0.15, 0.2) is 0 Å². The molecule has 2 N–H and O–H groups in total. The molecule has 2 rings (SSSR count). The Balaban J connectivity index is 2.03. The molecule has 2 heterocycles. The largest absolute Gasteiger partial charge is 0.355 e. The fraction of sp³-hybridized carbons (Fsp3) is 0.750. The van der Waals surface area contributed by atoms with Gasteiger partial charge >= 0.3 is 0 Å². The lowest BCUT2D eigenvalue weighted by molar-refractivity contribution is 0.295. The topological polar surface area (TPSA) is 90.5 Å². The monoisotopic (exact) mass is 370 g/mol. The van der Waals surface area contributed by atoms with Gasteiger partial charge < -0.3 is 5.32 Å². The number of anilines is 1. The van der Waals surface area contributed by atoms with Crippen LogP contribution in [0.15, 0.2) is 12.4 Å². The molecule has 1 aromatic heterocycles. The van der Waals surface area contributed by atoms with Crippen molar-refractivity contribution in [3.05, 3.63) is 18.0 Å². The first-order chi connectivity index (χ1) is 11.7. The molecule has 1 aromatic rings. The first-order valence-corrected chi connectivity index (χ1v) is 10.1. The molecule has 2 atom stereocenters. The normalized spacial score (nSPS) is 22.0. The summed E-state index contributed by atoms with van der Waals surface area (Å²) in [4.78, 5) is 10.9. The standard InChI is InChI=1S/C16H30N6O2S/c1-6-17-16-18-7-13(8-19-16)9-22-10-14(12(2)3)15(11-22)20-25(23,24)21(4)5/h7-8,12,14-15,20H,6,9-11H2,1-5H3,(H,17,18,19)/t14-,15+/m0/s1. The summed E-state index contributed by atoms with van der Waals surface area (Å²) < 4.78 is 28.4.